The predicted octanol–water partition coefficient (Wildman–Crippen LogP) is 1.50. The molecule has 0 saturated carbocycles. The SMILES string of the molecule is C[C@@H](NC(=O)[C@@H](CS)Cc1cccc(F)c1)C(=O)O. The number of hydrogen-bond acceptors (Lipinski definition) is 3. The highest BCUT2D eigenvalue weighted by Gasteiger charge is 2.21. The topological polar surface area (TPSA) is 66.4 Å². The molecule has 1 rings (SSSR count). The van der Waals surface area contributed by atoms with Gasteiger partial charge in [0.2, 0.25) is 5.91 Å². The highest BCUT2D eigenvalue weighted by Crippen LogP contribution is 2.12. The van der Waals surface area contributed by atoms with Gasteiger partial charge < -0.3 is 10.4 Å². The summed E-state index contributed by atoms with van der Waals surface area (Å²) >= 11 is 4.08. The van der Waals surface area contributed by atoms with Crippen molar-refractivity contribution in [1.82, 2.24) is 5.32 Å². The molecule has 2 atom stereocenters. The Balaban J connectivity index is 2.67. The maximum Gasteiger partial charge on any atom is 0.325 e. The monoisotopic (exact) mass is 285 g/mol. The second-order valence-electron chi connectivity index (χ2n) is 4.28. The molecule has 1 amide bonds. The Morgan fingerprint density at radius 2 is 2.16 bits per heavy atom. The maximum atomic E-state index is 13.0. The molecule has 0 aromatic heterocycles. The van der Waals surface area contributed by atoms with E-state index in [1.807, 2.05) is 0 Å². The number of amides is 1. The minimum Gasteiger partial charge on any atom is -0.480 e. The molecule has 0 aliphatic heterocycles. The van der Waals surface area contributed by atoms with E-state index in [9.17, 15) is 14.0 Å². The standard InChI is InChI=1S/C13H16FNO3S/c1-8(13(17)18)15-12(16)10(7-19)5-9-3-2-4-11(14)6-9/h2-4,6,8,10,19H,5,7H2,1H3,(H,15,16)(H,17,18)/t8-,10-/m1/s1. The third kappa shape index (κ3) is 4.90. The molecule has 0 aliphatic carbocycles. The Kier molecular flexibility index (Phi) is 5.82. The number of carbonyl (C=O) groups excluding carboxylic acids is 1. The fourth-order valence-electron chi connectivity index (χ4n) is 1.58. The first kappa shape index (κ1) is 15.5. The summed E-state index contributed by atoms with van der Waals surface area (Å²) in [7, 11) is 0. The zero-order valence-electron chi connectivity index (χ0n) is 10.5. The van der Waals surface area contributed by atoms with E-state index in [1.165, 1.54) is 19.1 Å². The quantitative estimate of drug-likeness (QED) is 0.694. The summed E-state index contributed by atoms with van der Waals surface area (Å²) in [6.45, 7) is 1.39. The van der Waals surface area contributed by atoms with E-state index in [4.69, 9.17) is 5.11 Å². The van der Waals surface area contributed by atoms with Gasteiger partial charge in [0.25, 0.3) is 0 Å². The van der Waals surface area contributed by atoms with Crippen molar-refractivity contribution in [3.8, 4) is 0 Å². The van der Waals surface area contributed by atoms with E-state index in [2.05, 4.69) is 17.9 Å². The molecule has 1 aromatic carbocycles. The van der Waals surface area contributed by atoms with Crippen molar-refractivity contribution in [2.45, 2.75) is 19.4 Å². The maximum absolute atomic E-state index is 13.0. The van der Waals surface area contributed by atoms with Crippen LogP contribution in [0.3, 0.4) is 0 Å². The van der Waals surface area contributed by atoms with Crippen LogP contribution in [0.4, 0.5) is 4.39 Å². The molecule has 6 heteroatoms. The lowest BCUT2D eigenvalue weighted by Crippen LogP contribution is -2.42. The summed E-state index contributed by atoms with van der Waals surface area (Å²) < 4.78 is 13.0. The van der Waals surface area contributed by atoms with E-state index >= 15 is 0 Å². The molecule has 104 valence electrons. The molecule has 0 aliphatic rings. The largest absolute Gasteiger partial charge is 0.480 e. The van der Waals surface area contributed by atoms with E-state index in [0.717, 1.165) is 0 Å². The number of hydrogen-bond donors (Lipinski definition) is 3. The highest BCUT2D eigenvalue weighted by molar-refractivity contribution is 7.80. The van der Waals surface area contributed by atoms with E-state index in [-0.39, 0.29) is 11.6 Å². The predicted molar refractivity (Wildman–Crippen MR) is 72.7 cm³/mol. The van der Waals surface area contributed by atoms with Crippen molar-refractivity contribution in [2.24, 2.45) is 5.92 Å². The molecule has 0 fully saturated rings. The fourth-order valence-corrected chi connectivity index (χ4v) is 1.88. The van der Waals surface area contributed by atoms with Gasteiger partial charge in [0.05, 0.1) is 5.92 Å². The van der Waals surface area contributed by atoms with Gasteiger partial charge in [-0.15, -0.1) is 0 Å². The summed E-state index contributed by atoms with van der Waals surface area (Å²) in [5, 5.41) is 11.1. The Morgan fingerprint density at radius 3 is 2.68 bits per heavy atom. The van der Waals surface area contributed by atoms with Crippen LogP contribution in [0, 0.1) is 11.7 Å². The van der Waals surface area contributed by atoms with Crippen molar-refractivity contribution in [3.63, 3.8) is 0 Å². The minimum absolute atomic E-state index is 0.259. The lowest BCUT2D eigenvalue weighted by molar-refractivity contribution is -0.141. The smallest absolute Gasteiger partial charge is 0.325 e. The molecule has 0 radical (unpaired) electrons. The Hall–Kier alpha value is -1.56. The lowest BCUT2D eigenvalue weighted by Gasteiger charge is -2.16. The molecule has 0 unspecified atom stereocenters. The summed E-state index contributed by atoms with van der Waals surface area (Å²) in [6.07, 6.45) is 0.319. The van der Waals surface area contributed by atoms with Gasteiger partial charge in [-0.25, -0.2) is 4.39 Å². The fraction of sp³-hybridized carbons (Fsp3) is 0.385. The average Bonchev–Trinajstić information content (AvgIpc) is 2.35. The van der Waals surface area contributed by atoms with E-state index in [1.54, 1.807) is 12.1 Å². The molecular weight excluding hydrogens is 269 g/mol. The zero-order chi connectivity index (χ0) is 14.4. The number of carboxylic acids is 1. The van der Waals surface area contributed by atoms with E-state index < -0.39 is 23.8 Å². The van der Waals surface area contributed by atoms with Gasteiger partial charge in [-0.1, -0.05) is 12.1 Å². The highest BCUT2D eigenvalue weighted by atomic mass is 32.1. The third-order valence-electron chi connectivity index (χ3n) is 2.69. The van der Waals surface area contributed by atoms with Crippen molar-refractivity contribution < 1.29 is 19.1 Å². The van der Waals surface area contributed by atoms with Crippen LogP contribution >= 0.6 is 12.6 Å². The summed E-state index contributed by atoms with van der Waals surface area (Å²) in [4.78, 5) is 22.5. The van der Waals surface area contributed by atoms with Crippen molar-refractivity contribution in [3.05, 3.63) is 35.6 Å². The van der Waals surface area contributed by atoms with Gasteiger partial charge in [-0.2, -0.15) is 12.6 Å². The number of carbonyl (C=O) groups is 2. The normalized spacial score (nSPS) is 13.6. The number of carboxylic acid groups (broad SMARTS) is 1. The van der Waals surface area contributed by atoms with Crippen LogP contribution in [-0.4, -0.2) is 28.8 Å². The summed E-state index contributed by atoms with van der Waals surface area (Å²) in [5.41, 5.74) is 0.678. The molecule has 19 heavy (non-hydrogen) atoms. The first-order chi connectivity index (χ1) is 8.93. The molecule has 4 nitrogen and oxygen atoms in total. The first-order valence-electron chi connectivity index (χ1n) is 5.82. The van der Waals surface area contributed by atoms with Gasteiger partial charge >= 0.3 is 5.97 Å². The number of aliphatic carboxylic acids is 1. The number of halogens is 1. The van der Waals surface area contributed by atoms with Crippen LogP contribution in [0.15, 0.2) is 24.3 Å². The van der Waals surface area contributed by atoms with Crippen LogP contribution < -0.4 is 5.32 Å². The summed E-state index contributed by atoms with van der Waals surface area (Å²) in [5.74, 6) is -2.10. The van der Waals surface area contributed by atoms with Crippen molar-refractivity contribution >= 4 is 24.5 Å². The lowest BCUT2D eigenvalue weighted by atomic mass is 10.00. The number of benzene rings is 1. The van der Waals surface area contributed by atoms with Crippen LogP contribution in [0.5, 0.6) is 0 Å². The number of rotatable bonds is 6. The van der Waals surface area contributed by atoms with Crippen LogP contribution in [0.1, 0.15) is 12.5 Å². The summed E-state index contributed by atoms with van der Waals surface area (Å²) in [6, 6.07) is 5.00. The molecule has 2 N–H and O–H groups in total. The van der Waals surface area contributed by atoms with Crippen LogP contribution in [0.2, 0.25) is 0 Å². The Bertz CT molecular complexity index is 467. The second kappa shape index (κ2) is 7.13. The molecule has 1 aromatic rings. The van der Waals surface area contributed by atoms with Gasteiger partial charge in [-0.3, -0.25) is 9.59 Å². The molecule has 0 saturated heterocycles. The van der Waals surface area contributed by atoms with Crippen molar-refractivity contribution in [2.75, 3.05) is 5.75 Å². The first-order valence-corrected chi connectivity index (χ1v) is 6.45. The molecule has 0 bridgehead atoms. The molecular formula is C13H16FNO3S. The van der Waals surface area contributed by atoms with Crippen LogP contribution in [0.25, 0.3) is 0 Å². The van der Waals surface area contributed by atoms with Crippen LogP contribution in [-0.2, 0) is 16.0 Å². The average molecular weight is 285 g/mol. The Labute approximate surface area is 116 Å². The zero-order valence-corrected chi connectivity index (χ0v) is 11.4. The Morgan fingerprint density at radius 1 is 1.47 bits per heavy atom. The van der Waals surface area contributed by atoms with E-state index in [0.29, 0.717) is 12.0 Å². The third-order valence-corrected chi connectivity index (χ3v) is 3.13. The van der Waals surface area contributed by atoms with Gasteiger partial charge in [-0.05, 0) is 31.0 Å². The van der Waals surface area contributed by atoms with Crippen molar-refractivity contribution in [1.29, 1.82) is 0 Å². The van der Waals surface area contributed by atoms with Gasteiger partial charge in [0.1, 0.15) is 11.9 Å². The minimum atomic E-state index is -1.10. The van der Waals surface area contributed by atoms with Gasteiger partial charge in [0.15, 0.2) is 0 Å². The van der Waals surface area contributed by atoms with Gasteiger partial charge in [0, 0.05) is 5.75 Å². The molecule has 0 heterocycles. The number of thiol groups is 1. The number of nitrogens with one attached hydrogen (secondary N) is 1. The molecule has 0 spiro atoms. The second-order valence-corrected chi connectivity index (χ2v) is 4.65.